The van der Waals surface area contributed by atoms with Gasteiger partial charge in [0.15, 0.2) is 6.04 Å². The van der Waals surface area contributed by atoms with E-state index in [1.807, 2.05) is 5.32 Å². The summed E-state index contributed by atoms with van der Waals surface area (Å²) in [5.74, 6) is -4.18. The van der Waals surface area contributed by atoms with E-state index in [0.29, 0.717) is 0 Å². The SMILES string of the molecule is CC(C)C(N)C(=O)NC(CS)C(=O)NC(C(=O)NC(C(=O)O)C(C)O)C(C)O. The number of nitrogens with two attached hydrogens (primary N) is 1. The van der Waals surface area contributed by atoms with Crippen LogP contribution < -0.4 is 21.7 Å². The van der Waals surface area contributed by atoms with Gasteiger partial charge in [-0.1, -0.05) is 13.8 Å². The highest BCUT2D eigenvalue weighted by Gasteiger charge is 2.33. The molecule has 0 fully saturated rings. The summed E-state index contributed by atoms with van der Waals surface area (Å²) in [5.41, 5.74) is 5.72. The molecule has 11 nitrogen and oxygen atoms in total. The molecule has 0 saturated carbocycles. The topological polar surface area (TPSA) is 191 Å². The van der Waals surface area contributed by atoms with Crippen molar-refractivity contribution in [3.8, 4) is 0 Å². The number of hydrogen-bond acceptors (Lipinski definition) is 8. The minimum atomic E-state index is -1.63. The Morgan fingerprint density at radius 2 is 1.32 bits per heavy atom. The van der Waals surface area contributed by atoms with Gasteiger partial charge in [-0.2, -0.15) is 12.6 Å². The summed E-state index contributed by atoms with van der Waals surface area (Å²) in [4.78, 5) is 47.8. The van der Waals surface area contributed by atoms with Crippen LogP contribution in [0.25, 0.3) is 0 Å². The average Bonchev–Trinajstić information content (AvgIpc) is 2.59. The normalized spacial score (nSPS) is 17.6. The highest BCUT2D eigenvalue weighted by Crippen LogP contribution is 2.02. The molecule has 0 aliphatic carbocycles. The van der Waals surface area contributed by atoms with E-state index in [1.54, 1.807) is 13.8 Å². The Kier molecular flexibility index (Phi) is 11.0. The van der Waals surface area contributed by atoms with Gasteiger partial charge in [0.2, 0.25) is 17.7 Å². The van der Waals surface area contributed by atoms with Crippen LogP contribution in [0.2, 0.25) is 0 Å². The van der Waals surface area contributed by atoms with Crippen molar-refractivity contribution < 1.29 is 34.5 Å². The second-order valence-corrected chi connectivity index (χ2v) is 7.17. The zero-order chi connectivity index (χ0) is 22.2. The van der Waals surface area contributed by atoms with E-state index in [9.17, 15) is 29.4 Å². The van der Waals surface area contributed by atoms with Gasteiger partial charge >= 0.3 is 5.97 Å². The van der Waals surface area contributed by atoms with Crippen molar-refractivity contribution in [3.05, 3.63) is 0 Å². The van der Waals surface area contributed by atoms with Gasteiger partial charge in [0.05, 0.1) is 18.2 Å². The summed E-state index contributed by atoms with van der Waals surface area (Å²) in [6.07, 6.45) is -2.80. The third-order valence-electron chi connectivity index (χ3n) is 3.95. The lowest BCUT2D eigenvalue weighted by atomic mass is 10.0. The predicted octanol–water partition coefficient (Wildman–Crippen LogP) is -2.80. The maximum absolute atomic E-state index is 12.4. The fraction of sp³-hybridized carbons (Fsp3) is 0.750. The molecule has 6 unspecified atom stereocenters. The Bertz CT molecular complexity index is 571. The Labute approximate surface area is 168 Å². The number of carbonyl (C=O) groups excluding carboxylic acids is 3. The van der Waals surface area contributed by atoms with Crippen LogP contribution in [0.4, 0.5) is 0 Å². The van der Waals surface area contributed by atoms with Gasteiger partial charge in [-0.05, 0) is 19.8 Å². The number of aliphatic hydroxyl groups is 2. The average molecular weight is 423 g/mol. The summed E-state index contributed by atoms with van der Waals surface area (Å²) >= 11 is 3.99. The van der Waals surface area contributed by atoms with Crippen LogP contribution in [0.1, 0.15) is 27.7 Å². The second kappa shape index (κ2) is 11.8. The number of carboxylic acids is 1. The Hall–Kier alpha value is -1.89. The Morgan fingerprint density at radius 1 is 0.857 bits per heavy atom. The number of amides is 3. The first-order valence-corrected chi connectivity index (χ1v) is 9.33. The molecule has 162 valence electrons. The van der Waals surface area contributed by atoms with Gasteiger partial charge in [0.25, 0.3) is 0 Å². The Morgan fingerprint density at radius 3 is 1.68 bits per heavy atom. The van der Waals surface area contributed by atoms with Crippen molar-refractivity contribution in [2.24, 2.45) is 11.7 Å². The molecule has 8 N–H and O–H groups in total. The molecule has 0 spiro atoms. The molecule has 0 aliphatic heterocycles. The molecule has 0 heterocycles. The van der Waals surface area contributed by atoms with Gasteiger partial charge in [0.1, 0.15) is 12.1 Å². The highest BCUT2D eigenvalue weighted by molar-refractivity contribution is 7.80. The molecule has 0 aromatic heterocycles. The summed E-state index contributed by atoms with van der Waals surface area (Å²) < 4.78 is 0. The van der Waals surface area contributed by atoms with E-state index in [4.69, 9.17) is 10.8 Å². The van der Waals surface area contributed by atoms with Gasteiger partial charge in [-0.15, -0.1) is 0 Å². The molecule has 0 aromatic carbocycles. The van der Waals surface area contributed by atoms with Crippen LogP contribution in [0.5, 0.6) is 0 Å². The largest absolute Gasteiger partial charge is 0.480 e. The van der Waals surface area contributed by atoms with Crippen molar-refractivity contribution in [1.82, 2.24) is 16.0 Å². The van der Waals surface area contributed by atoms with Crippen molar-refractivity contribution in [2.45, 2.75) is 64.1 Å². The minimum Gasteiger partial charge on any atom is -0.480 e. The lowest BCUT2D eigenvalue weighted by molar-refractivity contribution is -0.146. The molecule has 0 radical (unpaired) electrons. The maximum atomic E-state index is 12.4. The summed E-state index contributed by atoms with van der Waals surface area (Å²) in [6.45, 7) is 5.84. The molecular formula is C16H30N4O7S. The first kappa shape index (κ1) is 26.1. The quantitative estimate of drug-likeness (QED) is 0.164. The van der Waals surface area contributed by atoms with Crippen molar-refractivity contribution in [2.75, 3.05) is 5.75 Å². The minimum absolute atomic E-state index is 0.109. The zero-order valence-corrected chi connectivity index (χ0v) is 17.1. The van der Waals surface area contributed by atoms with E-state index in [1.165, 1.54) is 13.8 Å². The number of carboxylic acid groups (broad SMARTS) is 1. The predicted molar refractivity (Wildman–Crippen MR) is 103 cm³/mol. The lowest BCUT2D eigenvalue weighted by Gasteiger charge is -2.26. The highest BCUT2D eigenvalue weighted by atomic mass is 32.1. The smallest absolute Gasteiger partial charge is 0.328 e. The fourth-order valence-corrected chi connectivity index (χ4v) is 2.31. The molecule has 0 aromatic rings. The van der Waals surface area contributed by atoms with Crippen LogP contribution >= 0.6 is 12.6 Å². The molecule has 28 heavy (non-hydrogen) atoms. The number of carbonyl (C=O) groups is 4. The van der Waals surface area contributed by atoms with Gasteiger partial charge < -0.3 is 37.0 Å². The molecule has 3 amide bonds. The number of aliphatic hydroxyl groups excluding tert-OH is 2. The molecule has 0 rings (SSSR count). The van der Waals surface area contributed by atoms with Crippen LogP contribution in [0.3, 0.4) is 0 Å². The van der Waals surface area contributed by atoms with E-state index >= 15 is 0 Å². The standard InChI is InChI=1S/C16H30N4O7S/c1-6(2)10(17)14(24)18-9(5-28)13(23)19-11(7(3)21)15(25)20-12(8(4)22)16(26)27/h6-12,21-22,28H,5,17H2,1-4H3,(H,18,24)(H,19,23)(H,20,25)(H,26,27). The molecule has 0 saturated heterocycles. The van der Waals surface area contributed by atoms with Crippen LogP contribution in [0.15, 0.2) is 0 Å². The van der Waals surface area contributed by atoms with Crippen molar-refractivity contribution >= 4 is 36.3 Å². The van der Waals surface area contributed by atoms with E-state index in [0.717, 1.165) is 0 Å². The van der Waals surface area contributed by atoms with Gasteiger partial charge in [-0.25, -0.2) is 4.79 Å². The number of rotatable bonds is 11. The molecule has 0 aliphatic rings. The monoisotopic (exact) mass is 422 g/mol. The maximum Gasteiger partial charge on any atom is 0.328 e. The molecule has 0 bridgehead atoms. The van der Waals surface area contributed by atoms with Crippen molar-refractivity contribution in [3.63, 3.8) is 0 Å². The zero-order valence-electron chi connectivity index (χ0n) is 16.2. The third kappa shape index (κ3) is 8.00. The lowest BCUT2D eigenvalue weighted by Crippen LogP contribution is -2.61. The second-order valence-electron chi connectivity index (χ2n) is 6.81. The molecular weight excluding hydrogens is 392 g/mol. The van der Waals surface area contributed by atoms with E-state index < -0.39 is 60.1 Å². The van der Waals surface area contributed by atoms with Crippen LogP contribution in [0, 0.1) is 5.92 Å². The summed E-state index contributed by atoms with van der Waals surface area (Å²) in [5, 5.41) is 35.0. The summed E-state index contributed by atoms with van der Waals surface area (Å²) in [6, 6.07) is -5.14. The van der Waals surface area contributed by atoms with Crippen LogP contribution in [-0.4, -0.2) is 81.1 Å². The van der Waals surface area contributed by atoms with Crippen molar-refractivity contribution in [1.29, 1.82) is 0 Å². The first-order valence-electron chi connectivity index (χ1n) is 8.69. The number of hydrogen-bond donors (Lipinski definition) is 8. The third-order valence-corrected chi connectivity index (χ3v) is 4.31. The number of aliphatic carboxylic acids is 1. The Balaban J connectivity index is 5.20. The van der Waals surface area contributed by atoms with Gasteiger partial charge in [-0.3, -0.25) is 14.4 Å². The van der Waals surface area contributed by atoms with Gasteiger partial charge in [0, 0.05) is 5.75 Å². The van der Waals surface area contributed by atoms with E-state index in [-0.39, 0.29) is 11.7 Å². The number of nitrogens with one attached hydrogen (secondary N) is 3. The number of thiol groups is 1. The molecule has 6 atom stereocenters. The summed E-state index contributed by atoms with van der Waals surface area (Å²) in [7, 11) is 0. The molecule has 12 heteroatoms. The van der Waals surface area contributed by atoms with Crippen LogP contribution in [-0.2, 0) is 19.2 Å². The van der Waals surface area contributed by atoms with E-state index in [2.05, 4.69) is 23.3 Å². The first-order chi connectivity index (χ1) is 12.8. The fourth-order valence-electron chi connectivity index (χ4n) is 2.06.